The van der Waals surface area contributed by atoms with E-state index in [-0.39, 0.29) is 24.9 Å². The van der Waals surface area contributed by atoms with Gasteiger partial charge >= 0.3 is 0 Å². The number of ether oxygens (including phenoxy) is 3. The number of halogens is 1. The molecule has 2 aromatic carbocycles. The van der Waals surface area contributed by atoms with Crippen molar-refractivity contribution in [1.82, 2.24) is 9.29 Å². The third-order valence-electron chi connectivity index (χ3n) is 7.92. The van der Waals surface area contributed by atoms with Gasteiger partial charge < -0.3 is 19.3 Å². The minimum Gasteiger partial charge on any atom is -0.472 e. The number of aromatic nitrogens is 1. The second-order valence-corrected chi connectivity index (χ2v) is 13.2. The normalized spacial score (nSPS) is 29.4. The van der Waals surface area contributed by atoms with E-state index in [1.54, 1.807) is 4.31 Å². The predicted molar refractivity (Wildman–Crippen MR) is 152 cm³/mol. The minimum atomic E-state index is -2.62. The first kappa shape index (κ1) is 26.1. The molecule has 9 nitrogen and oxygen atoms in total. The molecule has 7 rings (SSSR count). The lowest BCUT2D eigenvalue weighted by molar-refractivity contribution is 0.00558. The van der Waals surface area contributed by atoms with Crippen LogP contribution in [0.4, 0.5) is 5.69 Å². The number of nitrogens with zero attached hydrogens (tertiary/aromatic N) is 3. The Kier molecular flexibility index (Phi) is 6.65. The molecular weight excluding hydrogens is 552 g/mol. The zero-order chi connectivity index (χ0) is 27.4. The van der Waals surface area contributed by atoms with E-state index in [0.717, 1.165) is 34.4 Å². The van der Waals surface area contributed by atoms with Crippen LogP contribution in [0.3, 0.4) is 0 Å². The summed E-state index contributed by atoms with van der Waals surface area (Å²) in [5.74, 6) is 1.00. The average molecular weight is 581 g/mol. The lowest BCUT2D eigenvalue weighted by Crippen LogP contribution is -2.34. The molecule has 3 aromatic rings. The van der Waals surface area contributed by atoms with Crippen LogP contribution in [0.15, 0.2) is 59.6 Å². The third-order valence-corrected chi connectivity index (χ3v) is 10.2. The summed E-state index contributed by atoms with van der Waals surface area (Å²) in [6.45, 7) is 1.85. The summed E-state index contributed by atoms with van der Waals surface area (Å²) >= 11 is 6.64. The SMILES string of the molecule is N=S1(=O)CCCN1Cc1ccc(-c2ccc(-c3nc4c(cc3Cl)N=C(O[C@@H]3CO[C@H]5[C@@H]3OC[C@H]5O)C4)cc2)cc1. The van der Waals surface area contributed by atoms with E-state index in [1.165, 1.54) is 0 Å². The van der Waals surface area contributed by atoms with E-state index in [1.807, 2.05) is 42.5 Å². The summed E-state index contributed by atoms with van der Waals surface area (Å²) in [5, 5.41) is 10.5. The van der Waals surface area contributed by atoms with Crippen LogP contribution in [0.5, 0.6) is 0 Å². The standard InChI is InChI=1S/C29H29ClN4O5S/c30-21-12-22-23(13-26(32-22)39-25-16-38-28-24(35)15-37-29(25)28)33-27(21)20-8-6-19(7-9-20)18-4-2-17(3-5-18)14-34-10-1-11-40(34,31)36/h2-9,12,24-25,28-29,31,35H,1,10-11,13-16H2/t24-,25-,28-,29-,40?/m1/s1. The number of pyridine rings is 1. The van der Waals surface area contributed by atoms with Crippen LogP contribution >= 0.6 is 11.6 Å². The fraction of sp³-hybridized carbons (Fsp3) is 0.379. The van der Waals surface area contributed by atoms with Crippen LogP contribution in [0.25, 0.3) is 22.4 Å². The molecule has 3 saturated heterocycles. The third kappa shape index (κ3) is 4.82. The van der Waals surface area contributed by atoms with Gasteiger partial charge in [0.2, 0.25) is 0 Å². The molecule has 0 radical (unpaired) electrons. The van der Waals surface area contributed by atoms with Crippen molar-refractivity contribution >= 4 is 33.1 Å². The Morgan fingerprint density at radius 3 is 2.48 bits per heavy atom. The van der Waals surface area contributed by atoms with E-state index < -0.39 is 16.0 Å². The topological polar surface area (TPSA) is 117 Å². The maximum Gasteiger partial charge on any atom is 0.195 e. The van der Waals surface area contributed by atoms with Crippen LogP contribution in [0.1, 0.15) is 17.7 Å². The predicted octanol–water partition coefficient (Wildman–Crippen LogP) is 4.37. The number of nitrogens with one attached hydrogen (secondary N) is 1. The second kappa shape index (κ2) is 10.2. The van der Waals surface area contributed by atoms with Crippen molar-refractivity contribution in [3.05, 3.63) is 70.9 Å². The first-order valence-corrected chi connectivity index (χ1v) is 15.5. The number of aliphatic imine (C=N–C) groups is 1. The maximum atomic E-state index is 12.3. The lowest BCUT2D eigenvalue weighted by atomic mass is 10.0. The molecule has 11 heteroatoms. The smallest absolute Gasteiger partial charge is 0.195 e. The molecule has 0 bridgehead atoms. The number of benzene rings is 2. The summed E-state index contributed by atoms with van der Waals surface area (Å²) in [6.07, 6.45) is -0.322. The minimum absolute atomic E-state index is 0.252. The molecule has 0 spiro atoms. The summed E-state index contributed by atoms with van der Waals surface area (Å²) in [6, 6.07) is 18.1. The van der Waals surface area contributed by atoms with E-state index in [9.17, 15) is 9.32 Å². The largest absolute Gasteiger partial charge is 0.472 e. The zero-order valence-electron chi connectivity index (χ0n) is 21.7. The zero-order valence-corrected chi connectivity index (χ0v) is 23.2. The average Bonchev–Trinajstić information content (AvgIpc) is 3.70. The van der Waals surface area contributed by atoms with Crippen molar-refractivity contribution in [2.45, 2.75) is 43.8 Å². The molecule has 208 valence electrons. The van der Waals surface area contributed by atoms with E-state index >= 15 is 0 Å². The van der Waals surface area contributed by atoms with Crippen LogP contribution < -0.4 is 0 Å². The van der Waals surface area contributed by atoms with Gasteiger partial charge in [0.1, 0.15) is 28.2 Å². The van der Waals surface area contributed by atoms with Gasteiger partial charge in [0.05, 0.1) is 41.7 Å². The number of fused-ring (bicyclic) bond motifs is 2. The van der Waals surface area contributed by atoms with Gasteiger partial charge in [0, 0.05) is 24.4 Å². The first-order chi connectivity index (χ1) is 19.3. The molecule has 2 N–H and O–H groups in total. The molecule has 1 aromatic heterocycles. The lowest BCUT2D eigenvalue weighted by Gasteiger charge is -2.17. The van der Waals surface area contributed by atoms with Crippen LogP contribution in [0.2, 0.25) is 5.02 Å². The van der Waals surface area contributed by atoms with Crippen molar-refractivity contribution in [1.29, 1.82) is 4.78 Å². The summed E-state index contributed by atoms with van der Waals surface area (Å²) in [5.41, 5.74) is 6.27. The highest BCUT2D eigenvalue weighted by atomic mass is 35.5. The van der Waals surface area contributed by atoms with Gasteiger partial charge in [-0.15, -0.1) is 0 Å². The highest BCUT2D eigenvalue weighted by molar-refractivity contribution is 7.90. The molecule has 4 aliphatic rings. The monoisotopic (exact) mass is 580 g/mol. The van der Waals surface area contributed by atoms with E-state index in [0.29, 0.717) is 54.2 Å². The fourth-order valence-corrected chi connectivity index (χ4v) is 7.59. The summed E-state index contributed by atoms with van der Waals surface area (Å²) < 4.78 is 39.5. The molecule has 5 atom stereocenters. The first-order valence-electron chi connectivity index (χ1n) is 13.4. The van der Waals surface area contributed by atoms with Gasteiger partial charge in [-0.25, -0.2) is 23.3 Å². The van der Waals surface area contributed by atoms with Crippen molar-refractivity contribution in [2.75, 3.05) is 25.5 Å². The van der Waals surface area contributed by atoms with Crippen LogP contribution in [0, 0.1) is 4.78 Å². The van der Waals surface area contributed by atoms with E-state index in [4.69, 9.17) is 35.6 Å². The maximum absolute atomic E-state index is 12.3. The Bertz CT molecular complexity index is 1580. The second-order valence-electron chi connectivity index (χ2n) is 10.6. The summed E-state index contributed by atoms with van der Waals surface area (Å²) in [4.78, 5) is 9.42. The Morgan fingerprint density at radius 1 is 1.05 bits per heavy atom. The van der Waals surface area contributed by atoms with Crippen molar-refractivity contribution in [2.24, 2.45) is 4.99 Å². The van der Waals surface area contributed by atoms with Crippen molar-refractivity contribution < 1.29 is 23.5 Å². The fourth-order valence-electron chi connectivity index (χ4n) is 5.77. The summed E-state index contributed by atoms with van der Waals surface area (Å²) in [7, 11) is -2.62. The Labute approximate surface area is 237 Å². The number of aliphatic hydroxyl groups is 1. The quantitative estimate of drug-likeness (QED) is 0.463. The number of hydrogen-bond acceptors (Lipinski definition) is 8. The van der Waals surface area contributed by atoms with Gasteiger partial charge in [-0.05, 0) is 29.2 Å². The molecule has 3 fully saturated rings. The van der Waals surface area contributed by atoms with Crippen LogP contribution in [-0.4, -0.2) is 74.4 Å². The van der Waals surface area contributed by atoms with Gasteiger partial charge in [0.25, 0.3) is 0 Å². The number of aliphatic hydroxyl groups excluding tert-OH is 1. The van der Waals surface area contributed by atoms with Gasteiger partial charge in [-0.1, -0.05) is 60.1 Å². The Morgan fingerprint density at radius 2 is 1.75 bits per heavy atom. The van der Waals surface area contributed by atoms with E-state index in [2.05, 4.69) is 17.1 Å². The Hall–Kier alpha value is -2.86. The van der Waals surface area contributed by atoms with Gasteiger partial charge in [-0.3, -0.25) is 0 Å². The van der Waals surface area contributed by atoms with Crippen molar-refractivity contribution in [3.63, 3.8) is 0 Å². The molecule has 0 aliphatic carbocycles. The highest BCUT2D eigenvalue weighted by Gasteiger charge is 2.49. The van der Waals surface area contributed by atoms with Crippen LogP contribution in [-0.2, 0) is 37.1 Å². The molecule has 40 heavy (non-hydrogen) atoms. The van der Waals surface area contributed by atoms with Gasteiger partial charge in [0.15, 0.2) is 12.0 Å². The molecular formula is C29H29ClN4O5S. The molecule has 1 unspecified atom stereocenters. The number of hydrogen-bond donors (Lipinski definition) is 2. The molecule has 4 aliphatic heterocycles. The van der Waals surface area contributed by atoms with Gasteiger partial charge in [-0.2, -0.15) is 0 Å². The molecule has 0 amide bonds. The molecule has 0 saturated carbocycles. The Balaban J connectivity index is 1.03. The highest BCUT2D eigenvalue weighted by Crippen LogP contribution is 2.37. The number of rotatable bonds is 5. The molecule has 5 heterocycles. The van der Waals surface area contributed by atoms with Crippen molar-refractivity contribution in [3.8, 4) is 22.4 Å².